The minimum absolute atomic E-state index is 0.417. The average molecular weight is 244 g/mol. The summed E-state index contributed by atoms with van der Waals surface area (Å²) >= 11 is 0. The number of fused-ring (bicyclic) bond motifs is 1. The third-order valence-electron chi connectivity index (χ3n) is 3.96. The molecule has 0 bridgehead atoms. The second-order valence-corrected chi connectivity index (χ2v) is 7.30. The van der Waals surface area contributed by atoms with Gasteiger partial charge in [-0.3, -0.25) is 4.57 Å². The van der Waals surface area contributed by atoms with Crippen LogP contribution in [0.4, 0.5) is 0 Å². The largest absolute Gasteiger partial charge is 0.292 e. The summed E-state index contributed by atoms with van der Waals surface area (Å²) in [5, 5.41) is 0. The molecule has 0 unspecified atom stereocenters. The van der Waals surface area contributed by atoms with E-state index in [9.17, 15) is 4.57 Å². The zero-order chi connectivity index (χ0) is 11.9. The van der Waals surface area contributed by atoms with Crippen LogP contribution >= 0.6 is 8.10 Å². The van der Waals surface area contributed by atoms with Crippen molar-refractivity contribution in [3.05, 3.63) is 0 Å². The number of hydrogen-bond acceptors (Lipinski definition) is 1. The Morgan fingerprint density at radius 1 is 0.938 bits per heavy atom. The maximum atomic E-state index is 12.6. The molecule has 0 N–H and O–H groups in total. The van der Waals surface area contributed by atoms with Gasteiger partial charge in [0.1, 0.15) is 0 Å². The maximum Gasteiger partial charge on any atom is 0.206 e. The van der Waals surface area contributed by atoms with E-state index in [1.165, 1.54) is 25.7 Å². The van der Waals surface area contributed by atoms with Gasteiger partial charge in [-0.2, -0.15) is 0 Å². The van der Waals surface area contributed by atoms with Crippen molar-refractivity contribution in [3.63, 3.8) is 0 Å². The van der Waals surface area contributed by atoms with Crippen LogP contribution in [0.3, 0.4) is 0 Å². The van der Waals surface area contributed by atoms with Gasteiger partial charge < -0.3 is 0 Å². The van der Waals surface area contributed by atoms with Crippen LogP contribution in [-0.4, -0.2) is 33.5 Å². The zero-order valence-electron chi connectivity index (χ0n) is 10.9. The van der Waals surface area contributed by atoms with Gasteiger partial charge in [-0.25, -0.2) is 9.34 Å². The molecule has 1 aliphatic carbocycles. The molecule has 2 atom stereocenters. The third kappa shape index (κ3) is 1.98. The summed E-state index contributed by atoms with van der Waals surface area (Å²) in [6.45, 7) is 8.71. The Morgan fingerprint density at radius 2 is 1.31 bits per heavy atom. The van der Waals surface area contributed by atoms with Gasteiger partial charge in [-0.05, 0) is 40.5 Å². The summed E-state index contributed by atoms with van der Waals surface area (Å²) < 4.78 is 17.2. The normalized spacial score (nSPS) is 33.9. The molecule has 2 aliphatic rings. The van der Waals surface area contributed by atoms with Gasteiger partial charge in [0.05, 0.1) is 0 Å². The highest BCUT2D eigenvalue weighted by Crippen LogP contribution is 2.51. The summed E-state index contributed by atoms with van der Waals surface area (Å²) in [5.41, 5.74) is 0. The fourth-order valence-corrected chi connectivity index (χ4v) is 5.69. The molecule has 0 radical (unpaired) electrons. The summed E-state index contributed by atoms with van der Waals surface area (Å²) in [6, 6.07) is 1.95. The molecule has 2 rings (SSSR count). The smallest absolute Gasteiger partial charge is 0.206 e. The first-order chi connectivity index (χ1) is 7.54. The molecule has 0 aromatic heterocycles. The molecule has 4 heteroatoms. The van der Waals surface area contributed by atoms with Crippen LogP contribution in [0.15, 0.2) is 0 Å². The topological polar surface area (TPSA) is 23.6 Å². The van der Waals surface area contributed by atoms with Gasteiger partial charge in [0.15, 0.2) is 0 Å². The fourth-order valence-electron chi connectivity index (χ4n) is 3.37. The van der Waals surface area contributed by atoms with Crippen LogP contribution in [0.5, 0.6) is 0 Å². The molecule has 0 aromatic carbocycles. The van der Waals surface area contributed by atoms with Crippen LogP contribution in [-0.2, 0) is 4.57 Å². The lowest BCUT2D eigenvalue weighted by atomic mass is 9.89. The summed E-state index contributed by atoms with van der Waals surface area (Å²) in [5.74, 6) is 0. The van der Waals surface area contributed by atoms with Crippen LogP contribution in [0.1, 0.15) is 53.4 Å². The molecule has 0 amide bonds. The predicted octanol–water partition coefficient (Wildman–Crippen LogP) is 3.12. The van der Waals surface area contributed by atoms with E-state index >= 15 is 0 Å². The van der Waals surface area contributed by atoms with Crippen molar-refractivity contribution in [3.8, 4) is 0 Å². The SMILES string of the molecule is CC(C)N1[C@@H]2CCCC[C@H]2N(C(C)C)[PH]1=O. The van der Waals surface area contributed by atoms with Gasteiger partial charge in [0, 0.05) is 24.2 Å². The van der Waals surface area contributed by atoms with E-state index in [1.807, 2.05) is 0 Å². The van der Waals surface area contributed by atoms with Gasteiger partial charge in [-0.15, -0.1) is 0 Å². The number of rotatable bonds is 2. The van der Waals surface area contributed by atoms with E-state index < -0.39 is 8.10 Å². The highest BCUT2D eigenvalue weighted by molar-refractivity contribution is 7.39. The van der Waals surface area contributed by atoms with Crippen molar-refractivity contribution >= 4 is 8.10 Å². The first kappa shape index (κ1) is 12.6. The zero-order valence-corrected chi connectivity index (χ0v) is 11.9. The van der Waals surface area contributed by atoms with Crippen molar-refractivity contribution in [1.82, 2.24) is 9.34 Å². The first-order valence-corrected chi connectivity index (χ1v) is 7.95. The van der Waals surface area contributed by atoms with Crippen molar-refractivity contribution in [2.45, 2.75) is 77.5 Å². The minimum Gasteiger partial charge on any atom is -0.292 e. The van der Waals surface area contributed by atoms with Gasteiger partial charge in [-0.1, -0.05) is 12.8 Å². The quantitative estimate of drug-likeness (QED) is 0.697. The Bertz CT molecular complexity index is 254. The molecule has 1 saturated heterocycles. The molecule has 1 aliphatic heterocycles. The first-order valence-electron chi connectivity index (χ1n) is 6.64. The van der Waals surface area contributed by atoms with Gasteiger partial charge in [0.25, 0.3) is 0 Å². The molecular formula is C12H25N2OP. The molecule has 0 aromatic rings. The van der Waals surface area contributed by atoms with E-state index in [1.54, 1.807) is 0 Å². The molecule has 0 spiro atoms. The minimum atomic E-state index is -1.70. The monoisotopic (exact) mass is 244 g/mol. The lowest BCUT2D eigenvalue weighted by molar-refractivity contribution is 0.173. The van der Waals surface area contributed by atoms with Crippen LogP contribution in [0.2, 0.25) is 0 Å². The molecule has 16 heavy (non-hydrogen) atoms. The molecule has 1 heterocycles. The predicted molar refractivity (Wildman–Crippen MR) is 69.0 cm³/mol. The van der Waals surface area contributed by atoms with Crippen LogP contribution in [0.25, 0.3) is 0 Å². The Morgan fingerprint density at radius 3 is 1.62 bits per heavy atom. The molecule has 2 fully saturated rings. The standard InChI is InChI=1S/C12H25N2OP/c1-9(2)13-11-7-5-6-8-12(11)14(10(3)4)16(13)15/h9-12,16H,5-8H2,1-4H3/t11-,12-/m1/s1. The molecule has 3 nitrogen and oxygen atoms in total. The third-order valence-corrected chi connectivity index (χ3v) is 6.54. The molecule has 94 valence electrons. The maximum absolute atomic E-state index is 12.6. The van der Waals surface area contributed by atoms with Crippen molar-refractivity contribution in [2.24, 2.45) is 0 Å². The van der Waals surface area contributed by atoms with Gasteiger partial charge >= 0.3 is 0 Å². The van der Waals surface area contributed by atoms with Crippen molar-refractivity contribution in [2.75, 3.05) is 0 Å². The Labute approximate surface area is 100 Å². The molecule has 1 saturated carbocycles. The average Bonchev–Trinajstić information content (AvgIpc) is 2.49. The van der Waals surface area contributed by atoms with E-state index in [-0.39, 0.29) is 0 Å². The van der Waals surface area contributed by atoms with E-state index in [2.05, 4.69) is 37.0 Å². The highest BCUT2D eigenvalue weighted by Gasteiger charge is 2.47. The van der Waals surface area contributed by atoms with Crippen LogP contribution < -0.4 is 0 Å². The highest BCUT2D eigenvalue weighted by atomic mass is 31.1. The Balaban J connectivity index is 2.26. The number of hydrogen-bond donors (Lipinski definition) is 0. The number of nitrogens with zero attached hydrogens (tertiary/aromatic N) is 2. The fraction of sp³-hybridized carbons (Fsp3) is 1.00. The Hall–Kier alpha value is 0.150. The lowest BCUT2D eigenvalue weighted by Crippen LogP contribution is -2.43. The second kappa shape index (κ2) is 4.80. The van der Waals surface area contributed by atoms with Crippen molar-refractivity contribution in [1.29, 1.82) is 0 Å². The van der Waals surface area contributed by atoms with E-state index in [0.717, 1.165) is 0 Å². The summed E-state index contributed by atoms with van der Waals surface area (Å²) in [7, 11) is -1.70. The lowest BCUT2D eigenvalue weighted by Gasteiger charge is -2.33. The summed E-state index contributed by atoms with van der Waals surface area (Å²) in [4.78, 5) is 0. The van der Waals surface area contributed by atoms with E-state index in [0.29, 0.717) is 24.2 Å². The van der Waals surface area contributed by atoms with Gasteiger partial charge in [0.2, 0.25) is 8.10 Å². The summed E-state index contributed by atoms with van der Waals surface area (Å²) in [6.07, 6.45) is 5.10. The second-order valence-electron chi connectivity index (χ2n) is 5.70. The van der Waals surface area contributed by atoms with Crippen molar-refractivity contribution < 1.29 is 4.57 Å². The Kier molecular flexibility index (Phi) is 3.78. The molecular weight excluding hydrogens is 219 g/mol. The van der Waals surface area contributed by atoms with Crippen LogP contribution in [0, 0.1) is 0 Å². The van der Waals surface area contributed by atoms with E-state index in [4.69, 9.17) is 0 Å².